The van der Waals surface area contributed by atoms with Crippen molar-refractivity contribution in [2.75, 3.05) is 0 Å². The van der Waals surface area contributed by atoms with Crippen LogP contribution in [-0.4, -0.2) is 15.0 Å². The molecule has 0 bridgehead atoms. The molecular weight excluding hydrogens is 198 g/mol. The Morgan fingerprint density at radius 2 is 2.07 bits per heavy atom. The highest BCUT2D eigenvalue weighted by Gasteiger charge is 2.08. The van der Waals surface area contributed by atoms with Crippen molar-refractivity contribution in [3.8, 4) is 0 Å². The highest BCUT2D eigenvalue weighted by molar-refractivity contribution is 6.30. The predicted molar refractivity (Wildman–Crippen MR) is 57.7 cm³/mol. The number of aryl methyl sites for hydroxylation is 1. The molecule has 2 aromatic heterocycles. The topological polar surface area (TPSA) is 41.6 Å². The Balaban J connectivity index is 2.66. The number of hydrogen-bond acceptors (Lipinski definition) is 2. The van der Waals surface area contributed by atoms with Crippen LogP contribution >= 0.6 is 11.6 Å². The summed E-state index contributed by atoms with van der Waals surface area (Å²) in [6, 6.07) is 1.98. The van der Waals surface area contributed by atoms with E-state index in [1.165, 1.54) is 0 Å². The minimum atomic E-state index is 0.378. The first-order valence-corrected chi connectivity index (χ1v) is 4.98. The first kappa shape index (κ1) is 9.46. The maximum absolute atomic E-state index is 5.91. The van der Waals surface area contributed by atoms with Crippen molar-refractivity contribution in [3.05, 3.63) is 22.6 Å². The van der Waals surface area contributed by atoms with Gasteiger partial charge in [0.05, 0.1) is 5.52 Å². The molecular formula is C10H12ClN3. The largest absolute Gasteiger partial charge is 0.340 e. The molecule has 2 heterocycles. The molecule has 1 N–H and O–H groups in total. The first-order valence-electron chi connectivity index (χ1n) is 4.60. The van der Waals surface area contributed by atoms with Gasteiger partial charge in [-0.1, -0.05) is 25.4 Å². The highest BCUT2D eigenvalue weighted by Crippen LogP contribution is 2.20. The average Bonchev–Trinajstić information content (AvgIpc) is 2.48. The van der Waals surface area contributed by atoms with Gasteiger partial charge in [0.1, 0.15) is 11.0 Å². The van der Waals surface area contributed by atoms with E-state index >= 15 is 0 Å². The monoisotopic (exact) mass is 209 g/mol. The van der Waals surface area contributed by atoms with Gasteiger partial charge in [0.15, 0.2) is 5.65 Å². The number of pyridine rings is 1. The van der Waals surface area contributed by atoms with E-state index in [0.717, 1.165) is 16.9 Å². The molecule has 2 rings (SSSR count). The lowest BCUT2D eigenvalue weighted by molar-refractivity contribution is 0.798. The molecule has 0 fully saturated rings. The van der Waals surface area contributed by atoms with Crippen molar-refractivity contribution in [1.29, 1.82) is 0 Å². The van der Waals surface area contributed by atoms with Crippen molar-refractivity contribution in [2.45, 2.75) is 26.7 Å². The minimum absolute atomic E-state index is 0.378. The molecule has 0 radical (unpaired) electrons. The SMILES string of the molecule is Cc1cc2[nH]c(C(C)C)nc2nc1Cl. The van der Waals surface area contributed by atoms with Gasteiger partial charge in [-0.25, -0.2) is 9.97 Å². The van der Waals surface area contributed by atoms with Gasteiger partial charge in [-0.15, -0.1) is 0 Å². The normalized spacial score (nSPS) is 11.5. The van der Waals surface area contributed by atoms with Gasteiger partial charge in [0.2, 0.25) is 0 Å². The molecule has 0 saturated heterocycles. The lowest BCUT2D eigenvalue weighted by Gasteiger charge is -1.95. The van der Waals surface area contributed by atoms with Crippen molar-refractivity contribution < 1.29 is 0 Å². The number of rotatable bonds is 1. The molecule has 0 atom stereocenters. The van der Waals surface area contributed by atoms with Gasteiger partial charge in [-0.05, 0) is 18.6 Å². The van der Waals surface area contributed by atoms with Gasteiger partial charge in [0.25, 0.3) is 0 Å². The summed E-state index contributed by atoms with van der Waals surface area (Å²) in [5.41, 5.74) is 2.62. The maximum atomic E-state index is 5.91. The van der Waals surface area contributed by atoms with Crippen LogP contribution in [0.5, 0.6) is 0 Å². The molecule has 14 heavy (non-hydrogen) atoms. The summed E-state index contributed by atoms with van der Waals surface area (Å²) >= 11 is 5.91. The molecule has 3 nitrogen and oxygen atoms in total. The minimum Gasteiger partial charge on any atom is -0.340 e. The predicted octanol–water partition coefficient (Wildman–Crippen LogP) is 3.04. The molecule has 0 unspecified atom stereocenters. The molecule has 0 spiro atoms. The number of hydrogen-bond donors (Lipinski definition) is 1. The quantitative estimate of drug-likeness (QED) is 0.734. The number of nitrogens with zero attached hydrogens (tertiary/aromatic N) is 2. The summed E-state index contributed by atoms with van der Waals surface area (Å²) in [6.07, 6.45) is 0. The Hall–Kier alpha value is -1.09. The zero-order valence-corrected chi connectivity index (χ0v) is 9.18. The second-order valence-corrected chi connectivity index (χ2v) is 4.10. The lowest BCUT2D eigenvalue weighted by Crippen LogP contribution is -1.88. The van der Waals surface area contributed by atoms with Crippen molar-refractivity contribution in [2.24, 2.45) is 0 Å². The van der Waals surface area contributed by atoms with Crippen LogP contribution < -0.4 is 0 Å². The van der Waals surface area contributed by atoms with Crippen LogP contribution in [0, 0.1) is 6.92 Å². The van der Waals surface area contributed by atoms with Crippen LogP contribution in [0.1, 0.15) is 31.2 Å². The van der Waals surface area contributed by atoms with E-state index in [9.17, 15) is 0 Å². The van der Waals surface area contributed by atoms with E-state index in [-0.39, 0.29) is 0 Å². The maximum Gasteiger partial charge on any atom is 0.179 e. The van der Waals surface area contributed by atoms with Crippen molar-refractivity contribution in [1.82, 2.24) is 15.0 Å². The Bertz CT molecular complexity index is 434. The van der Waals surface area contributed by atoms with Gasteiger partial charge in [0, 0.05) is 5.92 Å². The molecule has 0 amide bonds. The lowest BCUT2D eigenvalue weighted by atomic mass is 10.2. The summed E-state index contributed by atoms with van der Waals surface area (Å²) in [5.74, 6) is 1.33. The van der Waals surface area contributed by atoms with Crippen LogP contribution in [0.25, 0.3) is 11.2 Å². The molecule has 0 saturated carbocycles. The summed E-state index contributed by atoms with van der Waals surface area (Å²) in [7, 11) is 0. The number of halogens is 1. The number of imidazole rings is 1. The Morgan fingerprint density at radius 1 is 1.36 bits per heavy atom. The summed E-state index contributed by atoms with van der Waals surface area (Å²) in [6.45, 7) is 6.11. The first-order chi connectivity index (χ1) is 6.58. The fourth-order valence-electron chi connectivity index (χ4n) is 1.31. The zero-order valence-electron chi connectivity index (χ0n) is 8.43. The van der Waals surface area contributed by atoms with E-state index < -0.39 is 0 Å². The molecule has 0 aromatic carbocycles. The van der Waals surface area contributed by atoms with Gasteiger partial charge in [-0.3, -0.25) is 0 Å². The third kappa shape index (κ3) is 1.48. The molecule has 4 heteroatoms. The highest BCUT2D eigenvalue weighted by atomic mass is 35.5. The second kappa shape index (κ2) is 3.24. The van der Waals surface area contributed by atoms with Crippen LogP contribution in [-0.2, 0) is 0 Å². The Labute approximate surface area is 87.5 Å². The average molecular weight is 210 g/mol. The summed E-state index contributed by atoms with van der Waals surface area (Å²) in [4.78, 5) is 11.8. The third-order valence-electron chi connectivity index (χ3n) is 2.17. The van der Waals surface area contributed by atoms with E-state index in [4.69, 9.17) is 11.6 Å². The third-order valence-corrected chi connectivity index (χ3v) is 2.55. The van der Waals surface area contributed by atoms with Crippen molar-refractivity contribution in [3.63, 3.8) is 0 Å². The molecule has 0 aliphatic rings. The molecule has 0 aliphatic carbocycles. The van der Waals surface area contributed by atoms with E-state index in [1.54, 1.807) is 0 Å². The second-order valence-electron chi connectivity index (χ2n) is 3.74. The standard InChI is InChI=1S/C10H12ClN3/c1-5(2)9-12-7-4-6(3)8(11)13-10(7)14-9/h4-5H,1-3H3,(H,12,13,14). The van der Waals surface area contributed by atoms with Crippen LogP contribution in [0.3, 0.4) is 0 Å². The Morgan fingerprint density at radius 3 is 2.71 bits per heavy atom. The van der Waals surface area contributed by atoms with Crippen LogP contribution in [0.2, 0.25) is 5.15 Å². The number of fused-ring (bicyclic) bond motifs is 1. The zero-order chi connectivity index (χ0) is 10.3. The van der Waals surface area contributed by atoms with E-state index in [1.807, 2.05) is 13.0 Å². The molecule has 2 aromatic rings. The van der Waals surface area contributed by atoms with Crippen LogP contribution in [0.15, 0.2) is 6.07 Å². The number of H-pyrrole nitrogens is 1. The number of nitrogens with one attached hydrogen (secondary N) is 1. The summed E-state index contributed by atoms with van der Waals surface area (Å²) < 4.78 is 0. The number of aromatic nitrogens is 3. The smallest absolute Gasteiger partial charge is 0.179 e. The molecule has 0 aliphatic heterocycles. The van der Waals surface area contributed by atoms with E-state index in [0.29, 0.717) is 16.7 Å². The fourth-order valence-corrected chi connectivity index (χ4v) is 1.45. The van der Waals surface area contributed by atoms with E-state index in [2.05, 4.69) is 28.8 Å². The summed E-state index contributed by atoms with van der Waals surface area (Å²) in [5, 5.41) is 0.527. The van der Waals surface area contributed by atoms with Gasteiger partial charge >= 0.3 is 0 Å². The fraction of sp³-hybridized carbons (Fsp3) is 0.400. The van der Waals surface area contributed by atoms with Crippen molar-refractivity contribution >= 4 is 22.8 Å². The van der Waals surface area contributed by atoms with Gasteiger partial charge in [-0.2, -0.15) is 0 Å². The van der Waals surface area contributed by atoms with Crippen LogP contribution in [0.4, 0.5) is 0 Å². The Kier molecular flexibility index (Phi) is 2.19. The molecule has 74 valence electrons. The number of aromatic amines is 1. The van der Waals surface area contributed by atoms with Gasteiger partial charge < -0.3 is 4.98 Å².